The molecule has 2 heterocycles. The van der Waals surface area contributed by atoms with Gasteiger partial charge in [0.2, 0.25) is 0 Å². The average Bonchev–Trinajstić information content (AvgIpc) is 2.97. The summed E-state index contributed by atoms with van der Waals surface area (Å²) in [5, 5.41) is 19.1. The van der Waals surface area contributed by atoms with Crippen LogP contribution < -0.4 is 10.6 Å². The molecule has 0 bridgehead atoms. The number of anilines is 1. The van der Waals surface area contributed by atoms with Crippen LogP contribution in [0.5, 0.6) is 0 Å². The number of aliphatic hydroxyl groups excluding tert-OH is 1. The number of hydrogen-bond acceptors (Lipinski definition) is 6. The van der Waals surface area contributed by atoms with Gasteiger partial charge in [-0.05, 0) is 79.0 Å². The van der Waals surface area contributed by atoms with Crippen molar-refractivity contribution in [2.75, 3.05) is 17.3 Å². The Kier molecular flexibility index (Phi) is 10.4. The minimum absolute atomic E-state index is 0.00353. The van der Waals surface area contributed by atoms with E-state index < -0.39 is 59.3 Å². The normalized spacial score (nSPS) is 18.7. The lowest BCUT2D eigenvalue weighted by Gasteiger charge is -2.46. The number of aromatic nitrogens is 2. The number of benzene rings is 2. The Morgan fingerprint density at radius 2 is 1.60 bits per heavy atom. The molecular weight excluding hydrogens is 667 g/mol. The molecule has 0 unspecified atom stereocenters. The summed E-state index contributed by atoms with van der Waals surface area (Å²) in [7, 11) is 0. The second-order valence-corrected chi connectivity index (χ2v) is 12.1. The molecule has 1 aliphatic rings. The molecule has 0 fully saturated rings. The summed E-state index contributed by atoms with van der Waals surface area (Å²) < 4.78 is 123. The molecule has 3 aromatic rings. The quantitative estimate of drug-likeness (QED) is 0.118. The number of unbranched alkanes of at least 4 members (excludes halogenated alkanes) is 1. The van der Waals surface area contributed by atoms with Crippen molar-refractivity contribution in [3.63, 3.8) is 0 Å². The number of halogens is 9. The second-order valence-electron chi connectivity index (χ2n) is 11.0. The van der Waals surface area contributed by atoms with E-state index in [0.29, 0.717) is 41.7 Å². The van der Waals surface area contributed by atoms with Gasteiger partial charge < -0.3 is 15.9 Å². The highest BCUT2D eigenvalue weighted by molar-refractivity contribution is 7.99. The number of carbonyl (C=O) groups is 1. The summed E-state index contributed by atoms with van der Waals surface area (Å²) in [6.45, 7) is 1.46. The molecule has 256 valence electrons. The molecule has 0 saturated heterocycles. The first kappa shape index (κ1) is 36.3. The van der Waals surface area contributed by atoms with Crippen molar-refractivity contribution >= 4 is 23.5 Å². The summed E-state index contributed by atoms with van der Waals surface area (Å²) in [5.41, 5.74) is 0.0794. The predicted octanol–water partition coefficient (Wildman–Crippen LogP) is 8.07. The van der Waals surface area contributed by atoms with Gasteiger partial charge in [0.05, 0.1) is 28.1 Å². The molecule has 0 spiro atoms. The third kappa shape index (κ3) is 8.12. The van der Waals surface area contributed by atoms with Crippen molar-refractivity contribution in [1.82, 2.24) is 9.97 Å². The van der Waals surface area contributed by atoms with Crippen molar-refractivity contribution in [2.24, 2.45) is 5.73 Å². The van der Waals surface area contributed by atoms with Gasteiger partial charge in [-0.25, -0.2) is 14.8 Å². The van der Waals surface area contributed by atoms with Gasteiger partial charge in [-0.2, -0.15) is 39.5 Å². The number of aliphatic hydroxyl groups is 1. The second kappa shape index (κ2) is 13.5. The summed E-state index contributed by atoms with van der Waals surface area (Å²) in [6, 6.07) is 3.57. The van der Waals surface area contributed by atoms with Crippen molar-refractivity contribution in [3.8, 4) is 0 Å². The molecule has 47 heavy (non-hydrogen) atoms. The van der Waals surface area contributed by atoms with E-state index in [2.05, 4.69) is 9.97 Å². The zero-order valence-corrected chi connectivity index (χ0v) is 25.4. The largest absolute Gasteiger partial charge is 0.465 e. The lowest BCUT2D eigenvalue weighted by Crippen LogP contribution is -2.61. The fourth-order valence-corrected chi connectivity index (χ4v) is 6.36. The molecule has 1 aromatic heterocycles. The van der Waals surface area contributed by atoms with Crippen LogP contribution in [0.25, 0.3) is 0 Å². The van der Waals surface area contributed by atoms with E-state index in [1.54, 1.807) is 6.92 Å². The van der Waals surface area contributed by atoms with Gasteiger partial charge in [-0.15, -0.1) is 11.8 Å². The number of nitrogens with zero attached hydrogens (tertiary/aromatic N) is 3. The standard InChI is InChI=1S/C30H29F9N4O3S/c1-2-27(40)14-21(20-13-17(28(31,32)33)5-6-23(20)43(27)26(45)46)25-41-15-24(47-8-4-3-7-44)22(42-25)11-16-9-18(29(34,35)36)12-19(10-16)30(37,38)39/h5-6,9-10,12-13,15,21,44H,2-4,7-8,11,14,40H2,1H3,(H,45,46)/t21-,27+/m0/s1. The van der Waals surface area contributed by atoms with Gasteiger partial charge in [0, 0.05) is 30.0 Å². The average molecular weight is 697 g/mol. The van der Waals surface area contributed by atoms with E-state index in [9.17, 15) is 49.4 Å². The van der Waals surface area contributed by atoms with Crippen LogP contribution in [0, 0.1) is 0 Å². The number of alkyl halides is 9. The monoisotopic (exact) mass is 696 g/mol. The SMILES string of the molecule is CC[C@]1(N)C[C@H](c2ncc(SCCCCO)c(Cc3cc(C(F)(F)F)cc(C(F)(F)F)c3)n2)c2cc(C(F)(F)F)ccc2N1C(=O)O. The number of thioether (sulfide) groups is 1. The molecule has 0 saturated carbocycles. The predicted molar refractivity (Wildman–Crippen MR) is 154 cm³/mol. The van der Waals surface area contributed by atoms with Crippen LogP contribution in [-0.2, 0) is 24.9 Å². The van der Waals surface area contributed by atoms with Gasteiger partial charge in [0.1, 0.15) is 11.5 Å². The summed E-state index contributed by atoms with van der Waals surface area (Å²) in [5.74, 6) is -0.896. The molecule has 4 rings (SSSR count). The van der Waals surface area contributed by atoms with E-state index in [1.807, 2.05) is 0 Å². The number of amides is 1. The molecule has 1 aliphatic heterocycles. The van der Waals surface area contributed by atoms with Gasteiger partial charge in [-0.1, -0.05) is 6.92 Å². The first-order chi connectivity index (χ1) is 21.8. The lowest BCUT2D eigenvalue weighted by molar-refractivity contribution is -0.143. The molecule has 0 radical (unpaired) electrons. The van der Waals surface area contributed by atoms with Crippen LogP contribution in [-0.4, -0.2) is 44.3 Å². The number of fused-ring (bicyclic) bond motifs is 1. The molecule has 7 nitrogen and oxygen atoms in total. The van der Waals surface area contributed by atoms with E-state index in [-0.39, 0.29) is 53.8 Å². The number of nitrogens with two attached hydrogens (primary N) is 1. The van der Waals surface area contributed by atoms with E-state index in [1.165, 1.54) is 6.20 Å². The van der Waals surface area contributed by atoms with Crippen LogP contribution in [0.3, 0.4) is 0 Å². The van der Waals surface area contributed by atoms with Crippen molar-refractivity contribution in [2.45, 2.75) is 74.0 Å². The Labute approximate surface area is 267 Å². The summed E-state index contributed by atoms with van der Waals surface area (Å²) in [6.07, 6.45) is -15.1. The highest BCUT2D eigenvalue weighted by Gasteiger charge is 2.47. The third-order valence-electron chi connectivity index (χ3n) is 7.77. The zero-order chi connectivity index (χ0) is 34.9. The van der Waals surface area contributed by atoms with E-state index in [0.717, 1.165) is 28.8 Å². The van der Waals surface area contributed by atoms with Crippen molar-refractivity contribution in [3.05, 3.63) is 81.9 Å². The first-order valence-corrected chi connectivity index (χ1v) is 15.2. The molecule has 1 amide bonds. The highest BCUT2D eigenvalue weighted by Crippen LogP contribution is 2.47. The highest BCUT2D eigenvalue weighted by atomic mass is 32.2. The van der Waals surface area contributed by atoms with Crippen molar-refractivity contribution in [1.29, 1.82) is 0 Å². The Morgan fingerprint density at radius 3 is 2.13 bits per heavy atom. The van der Waals surface area contributed by atoms with Crippen LogP contribution >= 0.6 is 11.8 Å². The van der Waals surface area contributed by atoms with Crippen LogP contribution in [0.15, 0.2) is 47.5 Å². The molecule has 4 N–H and O–H groups in total. The fraction of sp³-hybridized carbons (Fsp3) is 0.433. The maximum absolute atomic E-state index is 13.8. The molecular formula is C30H29F9N4O3S. The Morgan fingerprint density at radius 1 is 0.979 bits per heavy atom. The maximum Gasteiger partial charge on any atom is 0.416 e. The number of carboxylic acid groups (broad SMARTS) is 1. The van der Waals surface area contributed by atoms with Gasteiger partial charge in [-0.3, -0.25) is 4.90 Å². The van der Waals surface area contributed by atoms with Gasteiger partial charge >= 0.3 is 24.6 Å². The maximum atomic E-state index is 13.8. The van der Waals surface area contributed by atoms with E-state index >= 15 is 0 Å². The molecule has 2 aromatic carbocycles. The number of rotatable bonds is 9. The van der Waals surface area contributed by atoms with Crippen LogP contribution in [0.4, 0.5) is 50.0 Å². The lowest BCUT2D eigenvalue weighted by atomic mass is 9.80. The Balaban J connectivity index is 1.90. The smallest absolute Gasteiger partial charge is 0.416 e. The van der Waals surface area contributed by atoms with Crippen molar-refractivity contribution < 1.29 is 54.5 Å². The third-order valence-corrected chi connectivity index (χ3v) is 8.91. The van der Waals surface area contributed by atoms with Crippen LogP contribution in [0.2, 0.25) is 0 Å². The number of hydrogen-bond donors (Lipinski definition) is 3. The molecule has 17 heteroatoms. The zero-order valence-electron chi connectivity index (χ0n) is 24.6. The summed E-state index contributed by atoms with van der Waals surface area (Å²) in [4.78, 5) is 22.2. The fourth-order valence-electron chi connectivity index (χ4n) is 5.38. The van der Waals surface area contributed by atoms with E-state index in [4.69, 9.17) is 10.8 Å². The van der Waals surface area contributed by atoms with Gasteiger partial charge in [0.25, 0.3) is 0 Å². The minimum Gasteiger partial charge on any atom is -0.465 e. The van der Waals surface area contributed by atoms with Crippen LogP contribution in [0.1, 0.15) is 77.9 Å². The molecule has 2 atom stereocenters. The Hall–Kier alpha value is -3.57. The first-order valence-electron chi connectivity index (χ1n) is 14.2. The summed E-state index contributed by atoms with van der Waals surface area (Å²) >= 11 is 1.14. The molecule has 0 aliphatic carbocycles. The Bertz CT molecular complexity index is 1580. The minimum atomic E-state index is -5.10. The topological polar surface area (TPSA) is 113 Å². The van der Waals surface area contributed by atoms with Gasteiger partial charge in [0.15, 0.2) is 0 Å².